The van der Waals surface area contributed by atoms with Crippen LogP contribution in [-0.4, -0.2) is 44.2 Å². The molecule has 210 valence electrons. The summed E-state index contributed by atoms with van der Waals surface area (Å²) in [7, 11) is 0. The van der Waals surface area contributed by atoms with Crippen molar-refractivity contribution in [3.8, 4) is 5.75 Å². The van der Waals surface area contributed by atoms with E-state index in [0.29, 0.717) is 17.1 Å². The molecule has 0 unspecified atom stereocenters. The number of benzene rings is 1. The molecule has 0 radical (unpaired) electrons. The maximum Gasteiger partial charge on any atom is 0.490 e. The van der Waals surface area contributed by atoms with Gasteiger partial charge in [-0.25, -0.2) is 23.5 Å². The Bertz CT molecular complexity index is 1380. The second-order valence-corrected chi connectivity index (χ2v) is 8.55. The van der Waals surface area contributed by atoms with Crippen LogP contribution in [0.5, 0.6) is 5.75 Å². The first-order valence-corrected chi connectivity index (χ1v) is 11.5. The molecule has 0 aliphatic carbocycles. The zero-order chi connectivity index (χ0) is 29.3. The van der Waals surface area contributed by atoms with Crippen molar-refractivity contribution in [2.24, 2.45) is 5.73 Å². The van der Waals surface area contributed by atoms with Crippen LogP contribution < -0.4 is 21.3 Å². The van der Waals surface area contributed by atoms with Crippen LogP contribution in [0.2, 0.25) is 0 Å². The number of carbonyl (C=O) groups excluding carboxylic acids is 1. The molecule has 0 fully saturated rings. The number of carbonyl (C=O) groups is 2. The summed E-state index contributed by atoms with van der Waals surface area (Å²) in [5.74, 6) is -3.90. The number of pyridine rings is 1. The van der Waals surface area contributed by atoms with Crippen LogP contribution in [0.4, 0.5) is 22.0 Å². The number of nitrogens with one attached hydrogen (secondary N) is 1. The van der Waals surface area contributed by atoms with E-state index in [9.17, 15) is 31.5 Å². The lowest BCUT2D eigenvalue weighted by Gasteiger charge is -2.15. The Morgan fingerprint density at radius 3 is 2.33 bits per heavy atom. The highest BCUT2D eigenvalue weighted by Gasteiger charge is 2.38. The number of carboxylic acids is 1. The van der Waals surface area contributed by atoms with Crippen molar-refractivity contribution in [1.82, 2.24) is 19.9 Å². The minimum absolute atomic E-state index is 0.0238. The molecular weight excluding hydrogens is 601 g/mol. The number of rotatable bonds is 9. The molecule has 1 aromatic carbocycles. The van der Waals surface area contributed by atoms with E-state index in [4.69, 9.17) is 20.4 Å². The molecule has 0 aliphatic heterocycles. The number of halogens is 6. The first kappa shape index (κ1) is 31.3. The number of hydrogen-bond acceptors (Lipinski definition) is 7. The monoisotopic (exact) mass is 621 g/mol. The molecule has 3 aromatic rings. The van der Waals surface area contributed by atoms with Gasteiger partial charge in [-0.2, -0.15) is 13.2 Å². The van der Waals surface area contributed by atoms with E-state index in [-0.39, 0.29) is 47.6 Å². The molecule has 0 bridgehead atoms. The van der Waals surface area contributed by atoms with Crippen LogP contribution in [-0.2, 0) is 29.3 Å². The Morgan fingerprint density at radius 2 is 1.79 bits per heavy atom. The fraction of sp³-hybridized carbons (Fsp3) is 0.261. The first-order chi connectivity index (χ1) is 18.2. The van der Waals surface area contributed by atoms with Gasteiger partial charge >= 0.3 is 12.1 Å². The molecule has 16 heteroatoms. The molecule has 0 atom stereocenters. The van der Waals surface area contributed by atoms with E-state index in [1.807, 2.05) is 0 Å². The van der Waals surface area contributed by atoms with Gasteiger partial charge in [-0.3, -0.25) is 9.59 Å². The number of primary amides is 1. The van der Waals surface area contributed by atoms with Crippen LogP contribution in [0.1, 0.15) is 22.6 Å². The second kappa shape index (κ2) is 13.7. The molecule has 3 rings (SSSR count). The van der Waals surface area contributed by atoms with Gasteiger partial charge in [0.05, 0.1) is 19.6 Å². The Hall–Kier alpha value is -3.92. The Kier molecular flexibility index (Phi) is 11.0. The Balaban J connectivity index is 0.000000673. The van der Waals surface area contributed by atoms with Crippen LogP contribution >= 0.6 is 15.9 Å². The largest absolute Gasteiger partial charge is 0.490 e. The summed E-state index contributed by atoms with van der Waals surface area (Å²) >= 11 is 3.24. The predicted molar refractivity (Wildman–Crippen MR) is 130 cm³/mol. The summed E-state index contributed by atoms with van der Waals surface area (Å²) in [5, 5.41) is 9.94. The fourth-order valence-corrected chi connectivity index (χ4v) is 3.29. The second-order valence-electron chi connectivity index (χ2n) is 7.76. The lowest BCUT2D eigenvalue weighted by atomic mass is 10.2. The van der Waals surface area contributed by atoms with Crippen molar-refractivity contribution < 1.29 is 41.4 Å². The average molecular weight is 622 g/mol. The van der Waals surface area contributed by atoms with E-state index in [1.165, 1.54) is 10.6 Å². The van der Waals surface area contributed by atoms with E-state index < -0.39 is 29.7 Å². The SMILES string of the molecule is Cc1cc(OCc2ccc(F)cc2F)c(Br)c(=O)n1Cc1cnc(CNCC(N)=O)nc1.O=C(O)C(F)(F)F. The third kappa shape index (κ3) is 9.72. The van der Waals surface area contributed by atoms with E-state index in [1.54, 1.807) is 25.4 Å². The van der Waals surface area contributed by atoms with Crippen LogP contribution in [0.25, 0.3) is 0 Å². The topological polar surface area (TPSA) is 149 Å². The number of alkyl halides is 3. The molecule has 0 aliphatic rings. The van der Waals surface area contributed by atoms with Gasteiger partial charge in [0.25, 0.3) is 5.56 Å². The first-order valence-electron chi connectivity index (χ1n) is 10.7. The van der Waals surface area contributed by atoms with Gasteiger partial charge < -0.3 is 25.5 Å². The third-order valence-corrected chi connectivity index (χ3v) is 5.47. The molecule has 2 aromatic heterocycles. The highest BCUT2D eigenvalue weighted by atomic mass is 79.9. The van der Waals surface area contributed by atoms with Crippen LogP contribution in [0.3, 0.4) is 0 Å². The molecule has 0 saturated carbocycles. The van der Waals surface area contributed by atoms with E-state index in [2.05, 4.69) is 31.2 Å². The van der Waals surface area contributed by atoms with Gasteiger partial charge in [0.15, 0.2) is 0 Å². The van der Waals surface area contributed by atoms with Gasteiger partial charge in [0, 0.05) is 41.3 Å². The van der Waals surface area contributed by atoms with Crippen LogP contribution in [0, 0.1) is 18.6 Å². The lowest BCUT2D eigenvalue weighted by molar-refractivity contribution is -0.192. The van der Waals surface area contributed by atoms with E-state index in [0.717, 1.165) is 12.1 Å². The normalized spacial score (nSPS) is 10.9. The number of aromatic nitrogens is 3. The molecule has 1 amide bonds. The maximum atomic E-state index is 13.8. The van der Waals surface area contributed by atoms with Crippen molar-refractivity contribution in [3.05, 3.63) is 85.8 Å². The van der Waals surface area contributed by atoms with Crippen molar-refractivity contribution >= 4 is 27.8 Å². The molecule has 39 heavy (non-hydrogen) atoms. The number of carboxylic acid groups (broad SMARTS) is 1. The smallest absolute Gasteiger partial charge is 0.487 e. The number of aliphatic carboxylic acids is 1. The maximum absolute atomic E-state index is 13.8. The van der Waals surface area contributed by atoms with Gasteiger partial charge in [0.1, 0.15) is 34.3 Å². The van der Waals surface area contributed by atoms with E-state index >= 15 is 0 Å². The number of nitrogens with two attached hydrogens (primary N) is 1. The quantitative estimate of drug-likeness (QED) is 0.309. The summed E-state index contributed by atoms with van der Waals surface area (Å²) in [6, 6.07) is 4.86. The van der Waals surface area contributed by atoms with Crippen LogP contribution in [0.15, 0.2) is 45.9 Å². The molecule has 0 spiro atoms. The molecular formula is C23H21BrF5N5O5. The minimum atomic E-state index is -5.08. The molecule has 2 heterocycles. The lowest BCUT2D eigenvalue weighted by Crippen LogP contribution is -2.28. The van der Waals surface area contributed by atoms with Crippen molar-refractivity contribution in [1.29, 1.82) is 0 Å². The minimum Gasteiger partial charge on any atom is -0.487 e. The number of aryl methyl sites for hydroxylation is 1. The summed E-state index contributed by atoms with van der Waals surface area (Å²) in [4.78, 5) is 40.9. The van der Waals surface area contributed by atoms with Crippen molar-refractivity contribution in [2.45, 2.75) is 32.8 Å². The molecule has 10 nitrogen and oxygen atoms in total. The Labute approximate surface area is 225 Å². The highest BCUT2D eigenvalue weighted by molar-refractivity contribution is 9.10. The highest BCUT2D eigenvalue weighted by Crippen LogP contribution is 2.24. The average Bonchev–Trinajstić information content (AvgIpc) is 2.84. The van der Waals surface area contributed by atoms with Crippen molar-refractivity contribution in [2.75, 3.05) is 6.54 Å². The summed E-state index contributed by atoms with van der Waals surface area (Å²) in [6.07, 6.45) is -1.90. The molecule has 4 N–H and O–H groups in total. The number of hydrogen-bond donors (Lipinski definition) is 3. The summed E-state index contributed by atoms with van der Waals surface area (Å²) in [6.45, 7) is 2.12. The van der Waals surface area contributed by atoms with Gasteiger partial charge in [-0.1, -0.05) is 0 Å². The summed E-state index contributed by atoms with van der Waals surface area (Å²) < 4.78 is 65.9. The van der Waals surface area contributed by atoms with Gasteiger partial charge in [-0.15, -0.1) is 0 Å². The Morgan fingerprint density at radius 1 is 1.18 bits per heavy atom. The number of amides is 1. The number of ether oxygens (including phenoxy) is 1. The third-order valence-electron chi connectivity index (χ3n) is 4.74. The number of nitrogens with zero attached hydrogens (tertiary/aromatic N) is 3. The van der Waals surface area contributed by atoms with Crippen molar-refractivity contribution in [3.63, 3.8) is 0 Å². The van der Waals surface area contributed by atoms with Gasteiger partial charge in [-0.05, 0) is 35.0 Å². The fourth-order valence-electron chi connectivity index (χ4n) is 2.85. The zero-order valence-electron chi connectivity index (χ0n) is 20.1. The summed E-state index contributed by atoms with van der Waals surface area (Å²) in [5.41, 5.74) is 6.20. The molecule has 0 saturated heterocycles. The standard InChI is InChI=1S/C21H20BrF2N5O3.C2HF3O2/c1-12-4-17(32-11-14-2-3-15(23)5-16(14)24)20(22)21(31)29(12)10-13-6-27-19(28-7-13)9-26-8-18(25)30;3-2(4,5)1(6)7/h2-7,26H,8-11H2,1H3,(H2,25,30);(H,6,7). The zero-order valence-corrected chi connectivity index (χ0v) is 21.6. The predicted octanol–water partition coefficient (Wildman–Crippen LogP) is 2.82. The van der Waals surface area contributed by atoms with Gasteiger partial charge in [0.2, 0.25) is 5.91 Å².